The van der Waals surface area contributed by atoms with Crippen molar-refractivity contribution >= 4 is 12.0 Å². The number of hydrogen-bond acceptors (Lipinski definition) is 3. The summed E-state index contributed by atoms with van der Waals surface area (Å²) in [5, 5.41) is 0. The molecule has 0 spiro atoms. The highest BCUT2D eigenvalue weighted by molar-refractivity contribution is 5.92. The molecule has 4 aromatic rings. The summed E-state index contributed by atoms with van der Waals surface area (Å²) in [6, 6.07) is 16.8. The van der Waals surface area contributed by atoms with E-state index < -0.39 is 0 Å². The van der Waals surface area contributed by atoms with Gasteiger partial charge in [-0.3, -0.25) is 4.79 Å². The first kappa shape index (κ1) is 23.8. The monoisotopic (exact) mass is 479 g/mol. The van der Waals surface area contributed by atoms with E-state index in [-0.39, 0.29) is 5.91 Å². The van der Waals surface area contributed by atoms with E-state index in [2.05, 4.69) is 70.4 Å². The van der Waals surface area contributed by atoms with Gasteiger partial charge in [-0.05, 0) is 49.5 Å². The van der Waals surface area contributed by atoms with E-state index in [4.69, 9.17) is 4.98 Å². The molecule has 6 nitrogen and oxygen atoms in total. The van der Waals surface area contributed by atoms with Crippen LogP contribution in [0, 0.1) is 13.8 Å². The fraction of sp³-hybridized carbons (Fsp3) is 0.300. The van der Waals surface area contributed by atoms with Crippen molar-refractivity contribution in [2.45, 2.75) is 45.7 Å². The number of piperidine rings is 1. The van der Waals surface area contributed by atoms with Gasteiger partial charge in [0.15, 0.2) is 0 Å². The molecule has 0 radical (unpaired) electrons. The maximum Gasteiger partial charge on any atom is 0.246 e. The lowest BCUT2D eigenvalue weighted by Gasteiger charge is -2.31. The van der Waals surface area contributed by atoms with Crippen LogP contribution in [0.5, 0.6) is 0 Å². The van der Waals surface area contributed by atoms with E-state index in [9.17, 15) is 4.79 Å². The lowest BCUT2D eigenvalue weighted by atomic mass is 9.95. The summed E-state index contributed by atoms with van der Waals surface area (Å²) in [6.45, 7) is 7.13. The van der Waals surface area contributed by atoms with Gasteiger partial charge in [-0.1, -0.05) is 54.1 Å². The number of carbonyl (C=O) groups excluding carboxylic acids is 1. The highest BCUT2D eigenvalue weighted by atomic mass is 16.2. The number of nitrogens with zero attached hydrogens (tertiary/aromatic N) is 5. The molecule has 0 unspecified atom stereocenters. The zero-order valence-electron chi connectivity index (χ0n) is 21.0. The average Bonchev–Trinajstić information content (AvgIpc) is 3.55. The maximum atomic E-state index is 12.8. The highest BCUT2D eigenvalue weighted by Gasteiger charge is 2.26. The Hall–Kier alpha value is -3.93. The third kappa shape index (κ3) is 5.48. The minimum Gasteiger partial charge on any atom is -0.339 e. The van der Waals surface area contributed by atoms with Crippen LogP contribution in [0.3, 0.4) is 0 Å². The Bertz CT molecular complexity index is 1340. The second-order valence-electron chi connectivity index (χ2n) is 9.66. The number of likely N-dealkylation sites (tertiary alicyclic amines) is 1. The zero-order chi connectivity index (χ0) is 24.9. The van der Waals surface area contributed by atoms with Gasteiger partial charge in [-0.2, -0.15) is 0 Å². The molecule has 0 saturated carbocycles. The normalized spacial score (nSPS) is 14.6. The van der Waals surface area contributed by atoms with Crippen molar-refractivity contribution in [2.75, 3.05) is 13.1 Å². The Labute approximate surface area is 212 Å². The van der Waals surface area contributed by atoms with E-state index in [0.717, 1.165) is 49.7 Å². The first-order valence-electron chi connectivity index (χ1n) is 12.7. The number of aromatic nitrogens is 4. The lowest BCUT2D eigenvalue weighted by molar-refractivity contribution is -0.127. The van der Waals surface area contributed by atoms with Crippen molar-refractivity contribution in [3.8, 4) is 0 Å². The van der Waals surface area contributed by atoms with Crippen LogP contribution in [0.2, 0.25) is 0 Å². The predicted octanol–water partition coefficient (Wildman–Crippen LogP) is 5.21. The summed E-state index contributed by atoms with van der Waals surface area (Å²) >= 11 is 0. The molecule has 3 heterocycles. The highest BCUT2D eigenvalue weighted by Crippen LogP contribution is 2.27. The third-order valence-corrected chi connectivity index (χ3v) is 7.07. The molecule has 5 rings (SSSR count). The Kier molecular flexibility index (Phi) is 7.12. The van der Waals surface area contributed by atoms with E-state index in [1.165, 1.54) is 16.7 Å². The molecule has 1 amide bonds. The fourth-order valence-electron chi connectivity index (χ4n) is 4.95. The molecule has 1 aliphatic heterocycles. The van der Waals surface area contributed by atoms with Gasteiger partial charge in [0.2, 0.25) is 5.91 Å². The van der Waals surface area contributed by atoms with Crippen LogP contribution in [0.25, 0.3) is 6.08 Å². The molecule has 0 N–H and O–H groups in total. The van der Waals surface area contributed by atoms with Gasteiger partial charge in [0.05, 0.1) is 6.54 Å². The number of hydrogen-bond donors (Lipinski definition) is 0. The minimum atomic E-state index is 0.0839. The fourth-order valence-corrected chi connectivity index (χ4v) is 4.95. The van der Waals surface area contributed by atoms with E-state index in [1.807, 2.05) is 41.8 Å². The van der Waals surface area contributed by atoms with Gasteiger partial charge in [0.25, 0.3) is 0 Å². The Morgan fingerprint density at radius 2 is 1.69 bits per heavy atom. The van der Waals surface area contributed by atoms with Gasteiger partial charge in [-0.15, -0.1) is 0 Å². The third-order valence-electron chi connectivity index (χ3n) is 7.07. The summed E-state index contributed by atoms with van der Waals surface area (Å²) in [5.74, 6) is 2.52. The van der Waals surface area contributed by atoms with Crippen LogP contribution in [-0.4, -0.2) is 43.0 Å². The summed E-state index contributed by atoms with van der Waals surface area (Å²) in [7, 11) is 0. The van der Waals surface area contributed by atoms with Crippen LogP contribution in [-0.2, 0) is 17.9 Å². The summed E-state index contributed by atoms with van der Waals surface area (Å²) in [4.78, 5) is 24.1. The summed E-state index contributed by atoms with van der Waals surface area (Å²) in [5.41, 5.74) is 4.74. The van der Waals surface area contributed by atoms with Crippen molar-refractivity contribution in [1.29, 1.82) is 0 Å². The molecule has 1 saturated heterocycles. The van der Waals surface area contributed by atoms with Gasteiger partial charge in [0, 0.05) is 56.4 Å². The standard InChI is InChI=1S/C30H33N5O/c1-23-8-9-24(2)27(20-23)10-11-29(36)33-16-12-26(13-17-33)30-32-15-19-35(30)22-28-31-14-18-34(28)21-25-6-4-3-5-7-25/h3-11,14-15,18-20,26H,12-13,16-17,21-22H2,1-2H3. The van der Waals surface area contributed by atoms with Crippen LogP contribution in [0.1, 0.15) is 52.7 Å². The Morgan fingerprint density at radius 3 is 2.50 bits per heavy atom. The van der Waals surface area contributed by atoms with Crippen molar-refractivity contribution in [3.63, 3.8) is 0 Å². The number of carbonyl (C=O) groups is 1. The second kappa shape index (κ2) is 10.8. The first-order valence-corrected chi connectivity index (χ1v) is 12.7. The van der Waals surface area contributed by atoms with Crippen LogP contribution < -0.4 is 0 Å². The predicted molar refractivity (Wildman–Crippen MR) is 143 cm³/mol. The Morgan fingerprint density at radius 1 is 0.944 bits per heavy atom. The van der Waals surface area contributed by atoms with Gasteiger partial charge < -0.3 is 14.0 Å². The molecular formula is C30H33N5O. The number of amides is 1. The molecule has 0 atom stereocenters. The summed E-state index contributed by atoms with van der Waals surface area (Å²) in [6.07, 6.45) is 13.3. The topological polar surface area (TPSA) is 56.0 Å². The van der Waals surface area contributed by atoms with Gasteiger partial charge in [-0.25, -0.2) is 9.97 Å². The van der Waals surface area contributed by atoms with E-state index in [0.29, 0.717) is 12.5 Å². The van der Waals surface area contributed by atoms with Crippen molar-refractivity contribution in [3.05, 3.63) is 113 Å². The first-order chi connectivity index (χ1) is 17.6. The molecule has 0 bridgehead atoms. The number of rotatable bonds is 7. The largest absolute Gasteiger partial charge is 0.339 e. The molecule has 6 heteroatoms. The molecular weight excluding hydrogens is 446 g/mol. The van der Waals surface area contributed by atoms with E-state index >= 15 is 0 Å². The van der Waals surface area contributed by atoms with Gasteiger partial charge >= 0.3 is 0 Å². The SMILES string of the molecule is Cc1ccc(C)c(C=CC(=O)N2CCC(c3nccn3Cc3nccn3Cc3ccccc3)CC2)c1. The van der Waals surface area contributed by atoms with Crippen LogP contribution in [0.4, 0.5) is 0 Å². The molecule has 36 heavy (non-hydrogen) atoms. The smallest absolute Gasteiger partial charge is 0.246 e. The second-order valence-corrected chi connectivity index (χ2v) is 9.66. The number of benzene rings is 2. The van der Waals surface area contributed by atoms with Crippen LogP contribution in [0.15, 0.2) is 79.4 Å². The minimum absolute atomic E-state index is 0.0839. The maximum absolute atomic E-state index is 12.8. The van der Waals surface area contributed by atoms with Crippen molar-refractivity contribution < 1.29 is 4.79 Å². The summed E-state index contributed by atoms with van der Waals surface area (Å²) < 4.78 is 4.41. The molecule has 2 aromatic carbocycles. The number of imidazole rings is 2. The number of aryl methyl sites for hydroxylation is 2. The molecule has 1 aliphatic rings. The molecule has 2 aromatic heterocycles. The molecule has 184 valence electrons. The molecule has 0 aliphatic carbocycles. The van der Waals surface area contributed by atoms with E-state index in [1.54, 1.807) is 6.08 Å². The Balaban J connectivity index is 1.20. The quantitative estimate of drug-likeness (QED) is 0.342. The van der Waals surface area contributed by atoms with Crippen LogP contribution >= 0.6 is 0 Å². The zero-order valence-corrected chi connectivity index (χ0v) is 21.0. The molecule has 1 fully saturated rings. The van der Waals surface area contributed by atoms with Crippen molar-refractivity contribution in [2.24, 2.45) is 0 Å². The average molecular weight is 480 g/mol. The van der Waals surface area contributed by atoms with Crippen molar-refractivity contribution in [1.82, 2.24) is 24.0 Å². The van der Waals surface area contributed by atoms with Gasteiger partial charge in [0.1, 0.15) is 11.6 Å². The lowest BCUT2D eigenvalue weighted by Crippen LogP contribution is -2.37.